The predicted octanol–water partition coefficient (Wildman–Crippen LogP) is 0.652. The van der Waals surface area contributed by atoms with Gasteiger partial charge in [0.1, 0.15) is 0 Å². The Morgan fingerprint density at radius 2 is 1.93 bits per heavy atom. The zero-order chi connectivity index (χ0) is 10.8. The lowest BCUT2D eigenvalue weighted by atomic mass is 9.82. The van der Waals surface area contributed by atoms with Crippen LogP contribution in [0, 0.1) is 0 Å². The van der Waals surface area contributed by atoms with E-state index in [1.54, 1.807) is 23.9 Å². The fraction of sp³-hybridized carbons (Fsp3) is 0.444. The average Bonchev–Trinajstić information content (AvgIpc) is 2.02. The van der Waals surface area contributed by atoms with Gasteiger partial charge in [-0.1, -0.05) is 26.8 Å². The molecule has 1 heterocycles. The normalized spacial score (nSPS) is 11.5. The minimum atomic E-state index is -1.43. The second kappa shape index (κ2) is 4.34. The monoisotopic (exact) mass is 211 g/mol. The van der Waals surface area contributed by atoms with Crippen molar-refractivity contribution >= 4 is 24.3 Å². The van der Waals surface area contributed by atoms with Crippen LogP contribution in [0.1, 0.15) is 20.8 Å². The summed E-state index contributed by atoms with van der Waals surface area (Å²) in [6.45, 7) is 6.32. The zero-order valence-corrected chi connectivity index (χ0v) is 9.38. The minimum absolute atomic E-state index is 0.117. The van der Waals surface area contributed by atoms with Gasteiger partial charge >= 0.3 is 7.12 Å². The third-order valence-electron chi connectivity index (χ3n) is 1.47. The van der Waals surface area contributed by atoms with E-state index >= 15 is 0 Å². The molecule has 14 heavy (non-hydrogen) atoms. The Labute approximate surface area is 88.7 Å². The second-order valence-electron chi connectivity index (χ2n) is 4.02. The van der Waals surface area contributed by atoms with Crippen LogP contribution in [-0.4, -0.2) is 26.9 Å². The molecular weight excluding hydrogens is 197 g/mol. The van der Waals surface area contributed by atoms with Crippen molar-refractivity contribution in [2.24, 2.45) is 0 Å². The van der Waals surface area contributed by atoms with Crippen LogP contribution in [-0.2, 0) is 0 Å². The van der Waals surface area contributed by atoms with Gasteiger partial charge in [0.2, 0.25) is 0 Å². The molecule has 0 aromatic carbocycles. The van der Waals surface area contributed by atoms with Gasteiger partial charge in [0.25, 0.3) is 0 Å². The summed E-state index contributed by atoms with van der Waals surface area (Å²) < 4.78 is 0.117. The quantitative estimate of drug-likeness (QED) is 0.557. The Bertz CT molecular complexity index is 295. The van der Waals surface area contributed by atoms with Crippen molar-refractivity contribution in [1.29, 1.82) is 0 Å². The number of nitrogens with zero attached hydrogens (tertiary/aromatic N) is 1. The van der Waals surface area contributed by atoms with Crippen molar-refractivity contribution in [2.45, 2.75) is 30.5 Å². The molecule has 0 saturated heterocycles. The number of thioether (sulfide) groups is 1. The van der Waals surface area contributed by atoms with Crippen molar-refractivity contribution in [3.63, 3.8) is 0 Å². The smallest absolute Gasteiger partial charge is 0.423 e. The number of hydrogen-bond acceptors (Lipinski definition) is 4. The second-order valence-corrected chi connectivity index (χ2v) is 5.87. The molecule has 0 fully saturated rings. The summed E-state index contributed by atoms with van der Waals surface area (Å²) in [5, 5.41) is 18.6. The first-order valence-corrected chi connectivity index (χ1v) is 5.21. The van der Waals surface area contributed by atoms with Crippen molar-refractivity contribution in [3.8, 4) is 0 Å². The van der Waals surface area contributed by atoms with Crippen LogP contribution in [0.25, 0.3) is 0 Å². The Morgan fingerprint density at radius 3 is 2.29 bits per heavy atom. The van der Waals surface area contributed by atoms with Gasteiger partial charge in [-0.3, -0.25) is 4.98 Å². The van der Waals surface area contributed by atoms with E-state index in [1.807, 2.05) is 0 Å². The zero-order valence-electron chi connectivity index (χ0n) is 8.56. The molecule has 2 N–H and O–H groups in total. The summed E-state index contributed by atoms with van der Waals surface area (Å²) >= 11 is 1.65. The highest BCUT2D eigenvalue weighted by Crippen LogP contribution is 2.29. The number of hydrogen-bond donors (Lipinski definition) is 2. The van der Waals surface area contributed by atoms with Crippen LogP contribution < -0.4 is 5.46 Å². The highest BCUT2D eigenvalue weighted by Gasteiger charge is 2.15. The highest BCUT2D eigenvalue weighted by atomic mass is 32.2. The van der Waals surface area contributed by atoms with Crippen LogP contribution >= 0.6 is 11.8 Å². The van der Waals surface area contributed by atoms with E-state index in [1.165, 1.54) is 6.20 Å². The summed E-state index contributed by atoms with van der Waals surface area (Å²) in [7, 11) is -1.43. The van der Waals surface area contributed by atoms with E-state index in [4.69, 9.17) is 10.0 Å². The first-order chi connectivity index (χ1) is 6.38. The van der Waals surface area contributed by atoms with Gasteiger partial charge < -0.3 is 10.0 Å². The fourth-order valence-corrected chi connectivity index (χ4v) is 1.79. The fourth-order valence-electron chi connectivity index (χ4n) is 0.919. The lowest BCUT2D eigenvalue weighted by Crippen LogP contribution is -2.30. The predicted molar refractivity (Wildman–Crippen MR) is 59.7 cm³/mol. The Morgan fingerprint density at radius 1 is 1.29 bits per heavy atom. The largest absolute Gasteiger partial charge is 0.490 e. The lowest BCUT2D eigenvalue weighted by Gasteiger charge is -2.16. The molecule has 1 aromatic rings. The van der Waals surface area contributed by atoms with E-state index < -0.39 is 7.12 Å². The van der Waals surface area contributed by atoms with E-state index in [9.17, 15) is 0 Å². The molecular formula is C9H14BNO2S. The van der Waals surface area contributed by atoms with E-state index in [0.29, 0.717) is 5.46 Å². The summed E-state index contributed by atoms with van der Waals surface area (Å²) in [6.07, 6.45) is 1.48. The molecule has 3 nitrogen and oxygen atoms in total. The third-order valence-corrected chi connectivity index (χ3v) is 2.53. The molecule has 76 valence electrons. The van der Waals surface area contributed by atoms with Gasteiger partial charge in [0, 0.05) is 16.4 Å². The molecule has 0 aliphatic carbocycles. The van der Waals surface area contributed by atoms with Gasteiger partial charge in [-0.2, -0.15) is 0 Å². The molecule has 0 aliphatic heterocycles. The molecule has 1 rings (SSSR count). The number of pyridine rings is 1. The van der Waals surface area contributed by atoms with Crippen LogP contribution in [0.3, 0.4) is 0 Å². The van der Waals surface area contributed by atoms with E-state index in [0.717, 1.165) is 5.03 Å². The topological polar surface area (TPSA) is 53.4 Å². The first-order valence-electron chi connectivity index (χ1n) is 4.39. The van der Waals surface area contributed by atoms with Gasteiger partial charge in [-0.05, 0) is 6.07 Å². The summed E-state index contributed by atoms with van der Waals surface area (Å²) in [6, 6.07) is 3.47. The number of rotatable bonds is 2. The van der Waals surface area contributed by atoms with Gasteiger partial charge in [-0.15, -0.1) is 11.8 Å². The molecule has 0 bridgehead atoms. The highest BCUT2D eigenvalue weighted by molar-refractivity contribution is 8.00. The van der Waals surface area contributed by atoms with Gasteiger partial charge in [-0.25, -0.2) is 0 Å². The maximum Gasteiger partial charge on any atom is 0.490 e. The van der Waals surface area contributed by atoms with E-state index in [-0.39, 0.29) is 4.75 Å². The maximum atomic E-state index is 8.86. The molecule has 5 heteroatoms. The Balaban J connectivity index is 2.74. The summed E-state index contributed by atoms with van der Waals surface area (Å²) in [5.74, 6) is 0. The molecule has 1 aromatic heterocycles. The first kappa shape index (κ1) is 11.6. The standard InChI is InChI=1S/C9H14BNO2S/c1-9(2,3)14-8-5-4-7(6-11-8)10(12)13/h4-6,12-13H,1-3H3. The van der Waals surface area contributed by atoms with Crippen molar-refractivity contribution < 1.29 is 10.0 Å². The molecule has 0 amide bonds. The van der Waals surface area contributed by atoms with Crippen molar-refractivity contribution in [1.82, 2.24) is 4.98 Å². The average molecular weight is 211 g/mol. The molecule has 0 saturated carbocycles. The van der Waals surface area contributed by atoms with Gasteiger partial charge in [0.15, 0.2) is 0 Å². The third kappa shape index (κ3) is 3.70. The molecule has 0 aliphatic rings. The molecule has 0 unspecified atom stereocenters. The van der Waals surface area contributed by atoms with E-state index in [2.05, 4.69) is 25.8 Å². The molecule has 0 spiro atoms. The molecule has 0 radical (unpaired) electrons. The maximum absolute atomic E-state index is 8.86. The van der Waals surface area contributed by atoms with Crippen molar-refractivity contribution in [2.75, 3.05) is 0 Å². The molecule has 0 atom stereocenters. The minimum Gasteiger partial charge on any atom is -0.423 e. The Hall–Kier alpha value is -0.515. The summed E-state index contributed by atoms with van der Waals surface area (Å²) in [4.78, 5) is 4.13. The SMILES string of the molecule is CC(C)(C)Sc1ccc(B(O)O)cn1. The Kier molecular flexibility index (Phi) is 3.58. The van der Waals surface area contributed by atoms with Crippen molar-refractivity contribution in [3.05, 3.63) is 18.3 Å². The van der Waals surface area contributed by atoms with Crippen LogP contribution in [0.2, 0.25) is 0 Å². The van der Waals surface area contributed by atoms with Crippen LogP contribution in [0.15, 0.2) is 23.4 Å². The summed E-state index contributed by atoms with van der Waals surface area (Å²) in [5.41, 5.74) is 0.420. The van der Waals surface area contributed by atoms with Crippen LogP contribution in [0.5, 0.6) is 0 Å². The van der Waals surface area contributed by atoms with Crippen LogP contribution in [0.4, 0.5) is 0 Å². The lowest BCUT2D eigenvalue weighted by molar-refractivity contribution is 0.425. The number of aromatic nitrogens is 1. The van der Waals surface area contributed by atoms with Gasteiger partial charge in [0.05, 0.1) is 5.03 Å².